The number of carbonyl (C=O) groups excluding carboxylic acids is 1. The van der Waals surface area contributed by atoms with Gasteiger partial charge in [0.1, 0.15) is 0 Å². The smallest absolute Gasteiger partial charge is 0.218 e. The zero-order chi connectivity index (χ0) is 9.68. The molecule has 4 heteroatoms. The number of primary amides is 1. The van der Waals surface area contributed by atoms with Crippen LogP contribution in [0.1, 0.15) is 26.2 Å². The second kappa shape index (κ2) is 5.19. The van der Waals surface area contributed by atoms with Crippen molar-refractivity contribution in [3.05, 3.63) is 0 Å². The fraction of sp³-hybridized carbons (Fsp3) is 0.889. The van der Waals surface area contributed by atoms with E-state index in [1.165, 1.54) is 12.8 Å². The molecular formula is C9H19N3O. The summed E-state index contributed by atoms with van der Waals surface area (Å²) < 4.78 is 0. The number of amides is 1. The summed E-state index contributed by atoms with van der Waals surface area (Å²) in [5, 5.41) is 6.70. The van der Waals surface area contributed by atoms with Crippen LogP contribution in [0.2, 0.25) is 0 Å². The molecule has 0 aromatic rings. The molecule has 4 N–H and O–H groups in total. The van der Waals surface area contributed by atoms with Gasteiger partial charge in [0.15, 0.2) is 0 Å². The lowest BCUT2D eigenvalue weighted by atomic mass is 10.1. The Hall–Kier alpha value is -0.610. The van der Waals surface area contributed by atoms with E-state index in [9.17, 15) is 4.79 Å². The Balaban J connectivity index is 2.18. The molecule has 1 heterocycles. The summed E-state index contributed by atoms with van der Waals surface area (Å²) in [5.74, 6) is -0.233. The minimum Gasteiger partial charge on any atom is -0.370 e. The van der Waals surface area contributed by atoms with Crippen LogP contribution in [-0.2, 0) is 4.79 Å². The normalized spacial score (nSPS) is 25.5. The summed E-state index contributed by atoms with van der Waals surface area (Å²) in [6.07, 6.45) is 2.83. The summed E-state index contributed by atoms with van der Waals surface area (Å²) in [6.45, 7) is 4.12. The molecule has 4 nitrogen and oxygen atoms in total. The maximum atomic E-state index is 10.6. The Bertz CT molecular complexity index is 166. The van der Waals surface area contributed by atoms with Gasteiger partial charge in [-0.2, -0.15) is 0 Å². The number of hydrogen-bond donors (Lipinski definition) is 3. The van der Waals surface area contributed by atoms with Crippen molar-refractivity contribution in [3.8, 4) is 0 Å². The highest BCUT2D eigenvalue weighted by molar-refractivity contribution is 5.74. The lowest BCUT2D eigenvalue weighted by molar-refractivity contribution is -0.118. The second-order valence-electron chi connectivity index (χ2n) is 3.78. The first-order chi connectivity index (χ1) is 6.18. The van der Waals surface area contributed by atoms with Gasteiger partial charge in [-0.25, -0.2) is 0 Å². The van der Waals surface area contributed by atoms with Gasteiger partial charge >= 0.3 is 0 Å². The first-order valence-corrected chi connectivity index (χ1v) is 4.93. The lowest BCUT2D eigenvalue weighted by Gasteiger charge is -2.26. The third-order valence-electron chi connectivity index (χ3n) is 2.32. The summed E-state index contributed by atoms with van der Waals surface area (Å²) in [4.78, 5) is 10.6. The molecule has 1 rings (SSSR count). The molecule has 0 aromatic carbocycles. The molecule has 0 spiro atoms. The van der Waals surface area contributed by atoms with E-state index in [0.717, 1.165) is 13.1 Å². The van der Waals surface area contributed by atoms with Crippen LogP contribution in [0.15, 0.2) is 0 Å². The fourth-order valence-electron chi connectivity index (χ4n) is 1.76. The van der Waals surface area contributed by atoms with Crippen molar-refractivity contribution in [2.24, 2.45) is 5.73 Å². The Morgan fingerprint density at radius 3 is 3.08 bits per heavy atom. The van der Waals surface area contributed by atoms with Gasteiger partial charge in [0.05, 0.1) is 0 Å². The summed E-state index contributed by atoms with van der Waals surface area (Å²) in [5.41, 5.74) is 5.10. The molecule has 0 saturated carbocycles. The van der Waals surface area contributed by atoms with Crippen LogP contribution in [0.4, 0.5) is 0 Å². The van der Waals surface area contributed by atoms with Crippen LogP contribution in [-0.4, -0.2) is 31.1 Å². The third kappa shape index (κ3) is 4.24. The maximum absolute atomic E-state index is 10.6. The van der Waals surface area contributed by atoms with E-state index in [1.54, 1.807) is 0 Å². The molecule has 0 radical (unpaired) electrons. The van der Waals surface area contributed by atoms with Crippen molar-refractivity contribution in [1.82, 2.24) is 10.6 Å². The number of piperidine rings is 1. The van der Waals surface area contributed by atoms with Crippen molar-refractivity contribution >= 4 is 5.91 Å². The highest BCUT2D eigenvalue weighted by atomic mass is 16.1. The molecule has 1 aliphatic heterocycles. The van der Waals surface area contributed by atoms with Gasteiger partial charge in [-0.1, -0.05) is 0 Å². The number of nitrogens with one attached hydrogen (secondary N) is 2. The topological polar surface area (TPSA) is 67.2 Å². The average molecular weight is 185 g/mol. The third-order valence-corrected chi connectivity index (χ3v) is 2.32. The summed E-state index contributed by atoms with van der Waals surface area (Å²) in [7, 11) is 0. The van der Waals surface area contributed by atoms with Crippen molar-refractivity contribution in [3.63, 3.8) is 0 Å². The van der Waals surface area contributed by atoms with Crippen LogP contribution in [0.5, 0.6) is 0 Å². The van der Waals surface area contributed by atoms with Gasteiger partial charge in [0, 0.05) is 25.0 Å². The molecule has 2 unspecified atom stereocenters. The maximum Gasteiger partial charge on any atom is 0.218 e. The van der Waals surface area contributed by atoms with E-state index >= 15 is 0 Å². The van der Waals surface area contributed by atoms with Crippen molar-refractivity contribution in [2.75, 3.05) is 13.1 Å². The minimum atomic E-state index is -0.233. The minimum absolute atomic E-state index is 0.197. The van der Waals surface area contributed by atoms with E-state index in [-0.39, 0.29) is 11.9 Å². The van der Waals surface area contributed by atoms with Crippen molar-refractivity contribution in [2.45, 2.75) is 38.3 Å². The molecule has 2 atom stereocenters. The van der Waals surface area contributed by atoms with Gasteiger partial charge in [-0.3, -0.25) is 4.79 Å². The summed E-state index contributed by atoms with van der Waals surface area (Å²) in [6, 6.07) is 0.700. The number of hydrogen-bond acceptors (Lipinski definition) is 3. The highest BCUT2D eigenvalue weighted by Crippen LogP contribution is 2.03. The summed E-state index contributed by atoms with van der Waals surface area (Å²) >= 11 is 0. The van der Waals surface area contributed by atoms with Crippen LogP contribution in [0.3, 0.4) is 0 Å². The molecule has 76 valence electrons. The van der Waals surface area contributed by atoms with E-state index in [1.807, 2.05) is 6.92 Å². The zero-order valence-corrected chi connectivity index (χ0v) is 8.18. The second-order valence-corrected chi connectivity index (χ2v) is 3.78. The fourth-order valence-corrected chi connectivity index (χ4v) is 1.76. The lowest BCUT2D eigenvalue weighted by Crippen LogP contribution is -2.47. The standard InChI is InChI=1S/C9H19N3O/c1-7(5-9(10)13)12-8-3-2-4-11-6-8/h7-8,11-12H,2-6H2,1H3,(H2,10,13). The molecule has 0 bridgehead atoms. The monoisotopic (exact) mass is 185 g/mol. The molecule has 0 aromatic heterocycles. The van der Waals surface area contributed by atoms with Crippen LogP contribution < -0.4 is 16.4 Å². The number of rotatable bonds is 4. The largest absolute Gasteiger partial charge is 0.370 e. The molecule has 1 aliphatic rings. The predicted octanol–water partition coefficient (Wildman–Crippen LogP) is -0.408. The average Bonchev–Trinajstić information content (AvgIpc) is 2.04. The first kappa shape index (κ1) is 10.5. The van der Waals surface area contributed by atoms with Crippen LogP contribution in [0.25, 0.3) is 0 Å². The van der Waals surface area contributed by atoms with Crippen molar-refractivity contribution < 1.29 is 4.79 Å². The molecule has 1 amide bonds. The molecule has 1 fully saturated rings. The Morgan fingerprint density at radius 1 is 1.77 bits per heavy atom. The number of nitrogens with two attached hydrogens (primary N) is 1. The SMILES string of the molecule is CC(CC(N)=O)NC1CCCNC1. The van der Waals surface area contributed by atoms with Gasteiger partial charge < -0.3 is 16.4 Å². The first-order valence-electron chi connectivity index (χ1n) is 4.93. The van der Waals surface area contributed by atoms with Crippen LogP contribution in [0, 0.1) is 0 Å². The number of carbonyl (C=O) groups is 1. The Labute approximate surface area is 79.3 Å². The van der Waals surface area contributed by atoms with Gasteiger partial charge in [0.25, 0.3) is 0 Å². The molecule has 1 saturated heterocycles. The predicted molar refractivity (Wildman–Crippen MR) is 52.3 cm³/mol. The van der Waals surface area contributed by atoms with E-state index in [4.69, 9.17) is 5.73 Å². The van der Waals surface area contributed by atoms with E-state index < -0.39 is 0 Å². The van der Waals surface area contributed by atoms with E-state index in [2.05, 4.69) is 10.6 Å². The van der Waals surface area contributed by atoms with Crippen LogP contribution >= 0.6 is 0 Å². The Kier molecular flexibility index (Phi) is 4.18. The Morgan fingerprint density at radius 2 is 2.54 bits per heavy atom. The van der Waals surface area contributed by atoms with Gasteiger partial charge in [-0.15, -0.1) is 0 Å². The zero-order valence-electron chi connectivity index (χ0n) is 8.18. The quantitative estimate of drug-likeness (QED) is 0.558. The molecule has 0 aliphatic carbocycles. The van der Waals surface area contributed by atoms with E-state index in [0.29, 0.717) is 12.5 Å². The molecule has 13 heavy (non-hydrogen) atoms. The van der Waals surface area contributed by atoms with Gasteiger partial charge in [0.2, 0.25) is 5.91 Å². The molecular weight excluding hydrogens is 166 g/mol. The van der Waals surface area contributed by atoms with Gasteiger partial charge in [-0.05, 0) is 26.3 Å². The highest BCUT2D eigenvalue weighted by Gasteiger charge is 2.15. The van der Waals surface area contributed by atoms with Crippen molar-refractivity contribution in [1.29, 1.82) is 0 Å².